The number of rotatable bonds is 13. The van der Waals surface area contributed by atoms with Gasteiger partial charge in [-0.2, -0.15) is 0 Å². The fourth-order valence-electron chi connectivity index (χ4n) is 2.94. The summed E-state index contributed by atoms with van der Waals surface area (Å²) >= 11 is 5.24. The molecule has 0 heterocycles. The van der Waals surface area contributed by atoms with Gasteiger partial charge in [0.25, 0.3) is 0 Å². The molecule has 4 nitrogen and oxygen atoms in total. The third-order valence-electron chi connectivity index (χ3n) is 5.96. The molecule has 0 saturated heterocycles. The van der Waals surface area contributed by atoms with E-state index in [0.717, 1.165) is 51.1 Å². The van der Waals surface area contributed by atoms with Crippen LogP contribution in [-0.2, 0) is 15.6 Å². The van der Waals surface area contributed by atoms with Gasteiger partial charge in [0.05, 0.1) is 13.2 Å². The molecule has 0 fully saturated rings. The third-order valence-corrected chi connectivity index (χ3v) is 6.25. The average molecular weight is 423 g/mol. The molecule has 1 rings (SSSR count). The Kier molecular flexibility index (Phi) is 11.0. The van der Waals surface area contributed by atoms with Crippen molar-refractivity contribution < 1.29 is 9.47 Å². The molecule has 0 radical (unpaired) electrons. The van der Waals surface area contributed by atoms with Gasteiger partial charge in [-0.3, -0.25) is 0 Å². The SMILES string of the molecule is CCC(C)(C)c1ccc(OCCCCNC(=S)NCCOC)c(C(C)(C)CC)c1. The Hall–Kier alpha value is -1.33. The van der Waals surface area contributed by atoms with Crippen molar-refractivity contribution in [3.8, 4) is 5.75 Å². The Morgan fingerprint density at radius 2 is 1.59 bits per heavy atom. The molecule has 29 heavy (non-hydrogen) atoms. The van der Waals surface area contributed by atoms with Gasteiger partial charge in [-0.1, -0.05) is 53.7 Å². The van der Waals surface area contributed by atoms with Gasteiger partial charge >= 0.3 is 0 Å². The largest absolute Gasteiger partial charge is 0.493 e. The molecule has 0 saturated carbocycles. The van der Waals surface area contributed by atoms with Crippen LogP contribution in [-0.4, -0.2) is 38.5 Å². The van der Waals surface area contributed by atoms with Crippen molar-refractivity contribution in [2.45, 2.75) is 78.1 Å². The first-order valence-corrected chi connectivity index (χ1v) is 11.4. The molecule has 0 aliphatic rings. The maximum atomic E-state index is 6.22. The maximum Gasteiger partial charge on any atom is 0.166 e. The lowest BCUT2D eigenvalue weighted by molar-refractivity contribution is 0.204. The highest BCUT2D eigenvalue weighted by molar-refractivity contribution is 7.80. The van der Waals surface area contributed by atoms with Crippen molar-refractivity contribution in [3.05, 3.63) is 29.3 Å². The summed E-state index contributed by atoms with van der Waals surface area (Å²) in [5, 5.41) is 7.03. The van der Waals surface area contributed by atoms with Gasteiger partial charge in [0.1, 0.15) is 5.75 Å². The van der Waals surface area contributed by atoms with E-state index in [1.54, 1.807) is 7.11 Å². The lowest BCUT2D eigenvalue weighted by Gasteiger charge is -2.30. The van der Waals surface area contributed by atoms with E-state index < -0.39 is 0 Å². The Morgan fingerprint density at radius 3 is 2.21 bits per heavy atom. The zero-order valence-electron chi connectivity index (χ0n) is 19.6. The van der Waals surface area contributed by atoms with E-state index in [9.17, 15) is 0 Å². The molecule has 0 spiro atoms. The number of ether oxygens (including phenoxy) is 2. The van der Waals surface area contributed by atoms with Crippen LogP contribution in [0.3, 0.4) is 0 Å². The van der Waals surface area contributed by atoms with E-state index in [-0.39, 0.29) is 10.8 Å². The molecule has 0 aromatic heterocycles. The van der Waals surface area contributed by atoms with Gasteiger partial charge in [-0.05, 0) is 60.4 Å². The fourth-order valence-corrected chi connectivity index (χ4v) is 3.14. The van der Waals surface area contributed by atoms with E-state index in [1.807, 2.05) is 0 Å². The molecular formula is C24H42N2O2S. The van der Waals surface area contributed by atoms with Crippen LogP contribution in [0.15, 0.2) is 18.2 Å². The molecule has 0 bridgehead atoms. The van der Waals surface area contributed by atoms with Gasteiger partial charge in [0, 0.05) is 25.8 Å². The summed E-state index contributed by atoms with van der Waals surface area (Å²) in [5.74, 6) is 1.03. The van der Waals surface area contributed by atoms with Crippen molar-refractivity contribution in [2.75, 3.05) is 33.4 Å². The lowest BCUT2D eigenvalue weighted by atomic mass is 9.76. The Bertz CT molecular complexity index is 629. The quantitative estimate of drug-likeness (QED) is 0.332. The molecule has 2 N–H and O–H groups in total. The number of benzene rings is 1. The van der Waals surface area contributed by atoms with Crippen LogP contribution in [0.4, 0.5) is 0 Å². The van der Waals surface area contributed by atoms with Gasteiger partial charge in [-0.25, -0.2) is 0 Å². The first-order chi connectivity index (χ1) is 13.7. The zero-order valence-corrected chi connectivity index (χ0v) is 20.4. The van der Waals surface area contributed by atoms with Crippen molar-refractivity contribution >= 4 is 17.3 Å². The topological polar surface area (TPSA) is 42.5 Å². The summed E-state index contributed by atoms with van der Waals surface area (Å²) in [6.45, 7) is 16.7. The average Bonchev–Trinajstić information content (AvgIpc) is 2.70. The minimum atomic E-state index is 0.0940. The molecule has 1 aromatic rings. The Balaban J connectivity index is 2.60. The summed E-state index contributed by atoms with van der Waals surface area (Å²) in [4.78, 5) is 0. The first-order valence-electron chi connectivity index (χ1n) is 11.0. The molecule has 0 aliphatic heterocycles. The van der Waals surface area contributed by atoms with Gasteiger partial charge in [0.2, 0.25) is 0 Å². The fraction of sp³-hybridized carbons (Fsp3) is 0.708. The van der Waals surface area contributed by atoms with Crippen molar-refractivity contribution in [3.63, 3.8) is 0 Å². The number of nitrogens with one attached hydrogen (secondary N) is 2. The summed E-state index contributed by atoms with van der Waals surface area (Å²) in [6.07, 6.45) is 4.20. The highest BCUT2D eigenvalue weighted by atomic mass is 32.1. The number of thiocarbonyl (C=S) groups is 1. The molecule has 0 amide bonds. The highest BCUT2D eigenvalue weighted by Gasteiger charge is 2.26. The standard InChI is InChI=1S/C24H42N2O2S/c1-8-23(3,4)19-12-13-21(20(18-19)24(5,6)9-2)28-16-11-10-14-25-22(29)26-15-17-27-7/h12-13,18H,8-11,14-17H2,1-7H3,(H2,25,26,29). The van der Waals surface area contributed by atoms with E-state index in [0.29, 0.717) is 11.7 Å². The van der Waals surface area contributed by atoms with Crippen LogP contribution in [0, 0.1) is 0 Å². The number of hydrogen-bond acceptors (Lipinski definition) is 3. The Labute approximate surface area is 184 Å². The summed E-state index contributed by atoms with van der Waals surface area (Å²) < 4.78 is 11.2. The van der Waals surface area contributed by atoms with Crippen molar-refractivity contribution in [1.82, 2.24) is 10.6 Å². The molecule has 5 heteroatoms. The maximum absolute atomic E-state index is 6.22. The number of unbranched alkanes of at least 4 members (excludes halogenated alkanes) is 1. The van der Waals surface area contributed by atoms with Crippen molar-refractivity contribution in [1.29, 1.82) is 0 Å². The van der Waals surface area contributed by atoms with Crippen LogP contribution >= 0.6 is 12.2 Å². The summed E-state index contributed by atoms with van der Waals surface area (Å²) in [7, 11) is 1.68. The van der Waals surface area contributed by atoms with Crippen LogP contribution in [0.5, 0.6) is 5.75 Å². The van der Waals surface area contributed by atoms with E-state index >= 15 is 0 Å². The molecule has 0 unspecified atom stereocenters. The molecule has 0 atom stereocenters. The predicted octanol–water partition coefficient (Wildman–Crippen LogP) is 5.33. The lowest BCUT2D eigenvalue weighted by Crippen LogP contribution is -2.37. The zero-order chi connectivity index (χ0) is 21.9. The third kappa shape index (κ3) is 8.51. The van der Waals surface area contributed by atoms with Crippen LogP contribution in [0.1, 0.15) is 78.4 Å². The molecule has 1 aromatic carbocycles. The second kappa shape index (κ2) is 12.4. The second-order valence-corrected chi connectivity index (χ2v) is 9.33. The smallest absolute Gasteiger partial charge is 0.166 e. The minimum absolute atomic E-state index is 0.0940. The van der Waals surface area contributed by atoms with Gasteiger partial charge in [0.15, 0.2) is 5.11 Å². The van der Waals surface area contributed by atoms with Crippen LogP contribution in [0.25, 0.3) is 0 Å². The van der Waals surface area contributed by atoms with Crippen LogP contribution in [0.2, 0.25) is 0 Å². The normalized spacial score (nSPS) is 12.0. The summed E-state index contributed by atoms with van der Waals surface area (Å²) in [6, 6.07) is 6.78. The van der Waals surface area contributed by atoms with Gasteiger partial charge in [-0.15, -0.1) is 0 Å². The van der Waals surface area contributed by atoms with Crippen molar-refractivity contribution in [2.24, 2.45) is 0 Å². The predicted molar refractivity (Wildman–Crippen MR) is 128 cm³/mol. The van der Waals surface area contributed by atoms with Gasteiger partial charge < -0.3 is 20.1 Å². The van der Waals surface area contributed by atoms with E-state index in [2.05, 4.69) is 70.4 Å². The Morgan fingerprint density at radius 1 is 0.931 bits per heavy atom. The highest BCUT2D eigenvalue weighted by Crippen LogP contribution is 2.38. The summed E-state index contributed by atoms with van der Waals surface area (Å²) in [5.41, 5.74) is 2.98. The number of hydrogen-bond donors (Lipinski definition) is 2. The molecule has 166 valence electrons. The number of methoxy groups -OCH3 is 1. The first kappa shape index (κ1) is 25.7. The molecular weight excluding hydrogens is 380 g/mol. The van der Waals surface area contributed by atoms with E-state index in [4.69, 9.17) is 21.7 Å². The minimum Gasteiger partial charge on any atom is -0.493 e. The van der Waals surface area contributed by atoms with Crippen LogP contribution < -0.4 is 15.4 Å². The molecule has 0 aliphatic carbocycles. The second-order valence-electron chi connectivity index (χ2n) is 8.92. The van der Waals surface area contributed by atoms with E-state index in [1.165, 1.54) is 11.1 Å². The monoisotopic (exact) mass is 422 g/mol.